The standard InChI is InChI=1S/C23H31N3O2S/c1-4-17-9-11-18(12-10-17)20(25(2)3)15-24-22(27)19-7-5-13-26(16-19)23(28)21-8-6-14-29-21/h6,8-12,14,19-20H,4-5,7,13,15-16H2,1-3H3,(H,24,27). The molecule has 1 N–H and O–H groups in total. The van der Waals surface area contributed by atoms with Gasteiger partial charge in [0.2, 0.25) is 5.91 Å². The smallest absolute Gasteiger partial charge is 0.263 e. The number of likely N-dealkylation sites (tertiary alicyclic amines) is 1. The molecule has 3 rings (SSSR count). The first kappa shape index (κ1) is 21.5. The van der Waals surface area contributed by atoms with E-state index in [-0.39, 0.29) is 23.8 Å². The predicted molar refractivity (Wildman–Crippen MR) is 118 cm³/mol. The van der Waals surface area contributed by atoms with Crippen LogP contribution in [0.25, 0.3) is 0 Å². The van der Waals surface area contributed by atoms with E-state index in [1.165, 1.54) is 22.5 Å². The lowest BCUT2D eigenvalue weighted by molar-refractivity contribution is -0.126. The van der Waals surface area contributed by atoms with E-state index in [0.29, 0.717) is 13.1 Å². The van der Waals surface area contributed by atoms with Crippen molar-refractivity contribution in [3.8, 4) is 0 Å². The molecule has 2 unspecified atom stereocenters. The molecule has 1 aliphatic heterocycles. The van der Waals surface area contributed by atoms with Crippen molar-refractivity contribution in [2.75, 3.05) is 33.7 Å². The highest BCUT2D eigenvalue weighted by Gasteiger charge is 2.29. The van der Waals surface area contributed by atoms with Crippen molar-refractivity contribution in [1.29, 1.82) is 0 Å². The number of amides is 2. The molecule has 1 aromatic carbocycles. The Hall–Kier alpha value is -2.18. The highest BCUT2D eigenvalue weighted by atomic mass is 32.1. The molecule has 156 valence electrons. The Balaban J connectivity index is 1.58. The SMILES string of the molecule is CCc1ccc(C(CNC(=O)C2CCCN(C(=O)c3cccs3)C2)N(C)C)cc1. The molecule has 2 heterocycles. The van der Waals surface area contributed by atoms with Crippen molar-refractivity contribution >= 4 is 23.2 Å². The van der Waals surface area contributed by atoms with Crippen LogP contribution in [0.5, 0.6) is 0 Å². The molecule has 5 nitrogen and oxygen atoms in total. The van der Waals surface area contributed by atoms with E-state index in [9.17, 15) is 9.59 Å². The number of benzene rings is 1. The number of piperidine rings is 1. The largest absolute Gasteiger partial charge is 0.354 e. The summed E-state index contributed by atoms with van der Waals surface area (Å²) in [5, 5.41) is 5.05. The van der Waals surface area contributed by atoms with E-state index in [2.05, 4.69) is 41.4 Å². The van der Waals surface area contributed by atoms with Crippen LogP contribution in [0.1, 0.15) is 46.6 Å². The number of nitrogens with zero attached hydrogens (tertiary/aromatic N) is 2. The summed E-state index contributed by atoms with van der Waals surface area (Å²) in [4.78, 5) is 30.2. The van der Waals surface area contributed by atoms with Gasteiger partial charge in [-0.3, -0.25) is 9.59 Å². The van der Waals surface area contributed by atoms with Gasteiger partial charge in [-0.15, -0.1) is 11.3 Å². The zero-order valence-corrected chi connectivity index (χ0v) is 18.4. The van der Waals surface area contributed by atoms with E-state index >= 15 is 0 Å². The third-order valence-electron chi connectivity index (χ3n) is 5.68. The first-order valence-electron chi connectivity index (χ1n) is 10.3. The molecule has 0 spiro atoms. The number of carbonyl (C=O) groups is 2. The van der Waals surface area contributed by atoms with Crippen molar-refractivity contribution in [1.82, 2.24) is 15.1 Å². The monoisotopic (exact) mass is 413 g/mol. The van der Waals surface area contributed by atoms with Gasteiger partial charge in [0.05, 0.1) is 16.8 Å². The summed E-state index contributed by atoms with van der Waals surface area (Å²) in [6.45, 7) is 3.94. The molecule has 1 saturated heterocycles. The second-order valence-electron chi connectivity index (χ2n) is 7.89. The number of nitrogens with one attached hydrogen (secondary N) is 1. The van der Waals surface area contributed by atoms with Crippen molar-refractivity contribution in [2.45, 2.75) is 32.2 Å². The van der Waals surface area contributed by atoms with Gasteiger partial charge < -0.3 is 15.1 Å². The van der Waals surface area contributed by atoms with Gasteiger partial charge in [-0.05, 0) is 55.9 Å². The molecule has 2 atom stereocenters. The molecule has 0 aliphatic carbocycles. The Bertz CT molecular complexity index is 802. The van der Waals surface area contributed by atoms with Crippen molar-refractivity contribution in [3.63, 3.8) is 0 Å². The number of carbonyl (C=O) groups excluding carboxylic acids is 2. The molecule has 2 aromatic rings. The van der Waals surface area contributed by atoms with E-state index < -0.39 is 0 Å². The van der Waals surface area contributed by atoms with Crippen LogP contribution in [-0.4, -0.2) is 55.3 Å². The lowest BCUT2D eigenvalue weighted by Crippen LogP contribution is -2.46. The summed E-state index contributed by atoms with van der Waals surface area (Å²) in [7, 11) is 4.07. The Morgan fingerprint density at radius 2 is 2.00 bits per heavy atom. The quantitative estimate of drug-likeness (QED) is 0.755. The summed E-state index contributed by atoms with van der Waals surface area (Å²) < 4.78 is 0. The molecule has 6 heteroatoms. The lowest BCUT2D eigenvalue weighted by atomic mass is 9.96. The first-order chi connectivity index (χ1) is 14.0. The van der Waals surface area contributed by atoms with Crippen LogP contribution in [0.15, 0.2) is 41.8 Å². The number of hydrogen-bond donors (Lipinski definition) is 1. The summed E-state index contributed by atoms with van der Waals surface area (Å²) >= 11 is 1.45. The van der Waals surface area contributed by atoms with Crippen LogP contribution in [0.3, 0.4) is 0 Å². The van der Waals surface area contributed by atoms with Gasteiger partial charge in [-0.2, -0.15) is 0 Å². The van der Waals surface area contributed by atoms with Crippen LogP contribution in [0, 0.1) is 5.92 Å². The minimum atomic E-state index is -0.141. The second-order valence-corrected chi connectivity index (χ2v) is 8.84. The van der Waals surface area contributed by atoms with Crippen molar-refractivity contribution in [3.05, 3.63) is 57.8 Å². The first-order valence-corrected chi connectivity index (χ1v) is 11.2. The number of likely N-dealkylation sites (N-methyl/N-ethyl adjacent to an activating group) is 1. The molecule has 0 saturated carbocycles. The van der Waals surface area contributed by atoms with Gasteiger partial charge in [-0.25, -0.2) is 0 Å². The van der Waals surface area contributed by atoms with Crippen LogP contribution >= 0.6 is 11.3 Å². The van der Waals surface area contributed by atoms with Gasteiger partial charge in [0.15, 0.2) is 0 Å². The van der Waals surface area contributed by atoms with Crippen LogP contribution in [-0.2, 0) is 11.2 Å². The Labute approximate surface area is 177 Å². The van der Waals surface area contributed by atoms with Crippen molar-refractivity contribution < 1.29 is 9.59 Å². The fraction of sp³-hybridized carbons (Fsp3) is 0.478. The Morgan fingerprint density at radius 3 is 2.62 bits per heavy atom. The number of rotatable bonds is 7. The topological polar surface area (TPSA) is 52.7 Å². The predicted octanol–water partition coefficient (Wildman–Crippen LogP) is 3.58. The Morgan fingerprint density at radius 1 is 1.24 bits per heavy atom. The lowest BCUT2D eigenvalue weighted by Gasteiger charge is -2.32. The molecule has 0 radical (unpaired) electrons. The van der Waals surface area contributed by atoms with Gasteiger partial charge in [0.25, 0.3) is 5.91 Å². The second kappa shape index (κ2) is 10.0. The molecule has 2 amide bonds. The van der Waals surface area contributed by atoms with Gasteiger partial charge >= 0.3 is 0 Å². The fourth-order valence-electron chi connectivity index (χ4n) is 3.85. The van der Waals surface area contributed by atoms with Gasteiger partial charge in [0, 0.05) is 19.6 Å². The van der Waals surface area contributed by atoms with Crippen LogP contribution < -0.4 is 5.32 Å². The molecule has 29 heavy (non-hydrogen) atoms. The van der Waals surface area contributed by atoms with E-state index in [4.69, 9.17) is 0 Å². The zero-order valence-electron chi connectivity index (χ0n) is 17.6. The normalized spacial score (nSPS) is 17.9. The number of thiophene rings is 1. The molecule has 1 aromatic heterocycles. The summed E-state index contributed by atoms with van der Waals surface area (Å²) in [6.07, 6.45) is 2.72. The maximum Gasteiger partial charge on any atom is 0.263 e. The summed E-state index contributed by atoms with van der Waals surface area (Å²) in [5.74, 6) is -0.0525. The highest BCUT2D eigenvalue weighted by Crippen LogP contribution is 2.22. The van der Waals surface area contributed by atoms with Gasteiger partial charge in [-0.1, -0.05) is 37.3 Å². The number of aryl methyl sites for hydroxylation is 1. The third-order valence-corrected chi connectivity index (χ3v) is 6.53. The molecular formula is C23H31N3O2S. The zero-order chi connectivity index (χ0) is 20.8. The fourth-order valence-corrected chi connectivity index (χ4v) is 4.54. The number of hydrogen-bond acceptors (Lipinski definition) is 4. The Kier molecular flexibility index (Phi) is 7.45. The maximum atomic E-state index is 12.8. The minimum absolute atomic E-state index is 0.0414. The minimum Gasteiger partial charge on any atom is -0.354 e. The van der Waals surface area contributed by atoms with E-state index in [1.807, 2.05) is 36.5 Å². The van der Waals surface area contributed by atoms with Crippen molar-refractivity contribution in [2.24, 2.45) is 5.92 Å². The molecular weight excluding hydrogens is 382 g/mol. The van der Waals surface area contributed by atoms with Crippen LogP contribution in [0.4, 0.5) is 0 Å². The van der Waals surface area contributed by atoms with E-state index in [0.717, 1.165) is 30.7 Å². The maximum absolute atomic E-state index is 12.8. The molecule has 1 aliphatic rings. The van der Waals surface area contributed by atoms with Gasteiger partial charge in [0.1, 0.15) is 0 Å². The molecule has 1 fully saturated rings. The highest BCUT2D eigenvalue weighted by molar-refractivity contribution is 7.12. The summed E-state index contributed by atoms with van der Waals surface area (Å²) in [6, 6.07) is 12.5. The van der Waals surface area contributed by atoms with E-state index in [1.54, 1.807) is 0 Å². The average molecular weight is 414 g/mol. The summed E-state index contributed by atoms with van der Waals surface area (Å²) in [5.41, 5.74) is 2.51. The average Bonchev–Trinajstić information content (AvgIpc) is 3.28. The molecule has 0 bridgehead atoms. The van der Waals surface area contributed by atoms with Crippen LogP contribution in [0.2, 0.25) is 0 Å². The third kappa shape index (κ3) is 5.46.